The van der Waals surface area contributed by atoms with Crippen LogP contribution in [-0.4, -0.2) is 25.2 Å². The standard InChI is InChI=1S/C14H16F3N5O/c1-21-6-5-18-12(21)11(8-3-4-8)19-13(23)9-7-10(14(15,16)17)20-22(9)2/h5-8,11H,3-4H2,1-2H3,(H,19,23)/t11-/m1/s1. The number of nitrogens with zero attached hydrogens (tertiary/aromatic N) is 4. The number of hydrogen-bond acceptors (Lipinski definition) is 3. The monoisotopic (exact) mass is 327 g/mol. The maximum absolute atomic E-state index is 12.7. The summed E-state index contributed by atoms with van der Waals surface area (Å²) < 4.78 is 40.8. The van der Waals surface area contributed by atoms with Gasteiger partial charge in [-0.15, -0.1) is 0 Å². The smallest absolute Gasteiger partial charge is 0.340 e. The predicted molar refractivity (Wildman–Crippen MR) is 74.3 cm³/mol. The lowest BCUT2D eigenvalue weighted by molar-refractivity contribution is -0.141. The average molecular weight is 327 g/mol. The second-order valence-corrected chi connectivity index (χ2v) is 5.72. The van der Waals surface area contributed by atoms with Gasteiger partial charge in [-0.3, -0.25) is 9.48 Å². The van der Waals surface area contributed by atoms with Crippen LogP contribution in [-0.2, 0) is 20.3 Å². The molecule has 23 heavy (non-hydrogen) atoms. The van der Waals surface area contributed by atoms with E-state index in [0.29, 0.717) is 5.82 Å². The molecule has 0 aliphatic heterocycles. The first-order valence-electron chi connectivity index (χ1n) is 7.16. The van der Waals surface area contributed by atoms with Crippen LogP contribution in [0.3, 0.4) is 0 Å². The molecule has 0 radical (unpaired) electrons. The molecule has 1 atom stereocenters. The van der Waals surface area contributed by atoms with Crippen molar-refractivity contribution in [2.24, 2.45) is 20.0 Å². The van der Waals surface area contributed by atoms with Gasteiger partial charge >= 0.3 is 6.18 Å². The van der Waals surface area contributed by atoms with Crippen LogP contribution in [0.25, 0.3) is 0 Å². The lowest BCUT2D eigenvalue weighted by atomic mass is 10.1. The van der Waals surface area contributed by atoms with E-state index in [1.165, 1.54) is 7.05 Å². The lowest BCUT2D eigenvalue weighted by Crippen LogP contribution is -2.32. The van der Waals surface area contributed by atoms with E-state index in [1.54, 1.807) is 17.0 Å². The van der Waals surface area contributed by atoms with Gasteiger partial charge in [0.15, 0.2) is 5.69 Å². The van der Waals surface area contributed by atoms with E-state index in [-0.39, 0.29) is 17.7 Å². The maximum atomic E-state index is 12.7. The quantitative estimate of drug-likeness (QED) is 0.935. The molecule has 0 bridgehead atoms. The lowest BCUT2D eigenvalue weighted by Gasteiger charge is -2.18. The first kappa shape index (κ1) is 15.6. The highest BCUT2D eigenvalue weighted by Gasteiger charge is 2.38. The van der Waals surface area contributed by atoms with E-state index in [1.807, 2.05) is 7.05 Å². The molecule has 1 fully saturated rings. The zero-order chi connectivity index (χ0) is 16.8. The minimum atomic E-state index is -4.58. The summed E-state index contributed by atoms with van der Waals surface area (Å²) in [6.07, 6.45) is 0.727. The third-order valence-electron chi connectivity index (χ3n) is 3.92. The molecule has 1 saturated carbocycles. The van der Waals surface area contributed by atoms with E-state index >= 15 is 0 Å². The normalized spacial score (nSPS) is 16.4. The molecule has 3 rings (SSSR count). The molecule has 0 spiro atoms. The molecular weight excluding hydrogens is 311 g/mol. The van der Waals surface area contributed by atoms with Crippen molar-refractivity contribution in [3.05, 3.63) is 35.7 Å². The van der Waals surface area contributed by atoms with Gasteiger partial charge in [0.05, 0.1) is 6.04 Å². The molecule has 0 unspecified atom stereocenters. The van der Waals surface area contributed by atoms with Crippen molar-refractivity contribution in [3.63, 3.8) is 0 Å². The van der Waals surface area contributed by atoms with Crippen molar-refractivity contribution in [1.82, 2.24) is 24.6 Å². The fourth-order valence-corrected chi connectivity index (χ4v) is 2.53. The fraction of sp³-hybridized carbons (Fsp3) is 0.500. The van der Waals surface area contributed by atoms with Gasteiger partial charge in [0.1, 0.15) is 11.5 Å². The number of hydrogen-bond donors (Lipinski definition) is 1. The molecule has 0 saturated heterocycles. The van der Waals surface area contributed by atoms with Crippen molar-refractivity contribution in [2.75, 3.05) is 0 Å². The number of alkyl halides is 3. The number of halogens is 3. The summed E-state index contributed by atoms with van der Waals surface area (Å²) in [5.41, 5.74) is -1.21. The summed E-state index contributed by atoms with van der Waals surface area (Å²) in [5, 5.41) is 6.15. The van der Waals surface area contributed by atoms with E-state index in [4.69, 9.17) is 0 Å². The molecule has 1 aliphatic carbocycles. The fourth-order valence-electron chi connectivity index (χ4n) is 2.53. The highest BCUT2D eigenvalue weighted by atomic mass is 19.4. The minimum absolute atomic E-state index is 0.128. The van der Waals surface area contributed by atoms with Crippen LogP contribution in [0.4, 0.5) is 13.2 Å². The van der Waals surface area contributed by atoms with Crippen molar-refractivity contribution in [2.45, 2.75) is 25.1 Å². The third-order valence-corrected chi connectivity index (χ3v) is 3.92. The van der Waals surface area contributed by atoms with E-state index in [2.05, 4.69) is 15.4 Å². The number of rotatable bonds is 4. The van der Waals surface area contributed by atoms with E-state index in [9.17, 15) is 18.0 Å². The number of nitrogens with one attached hydrogen (secondary N) is 1. The molecule has 2 aromatic heterocycles. The number of amides is 1. The maximum Gasteiger partial charge on any atom is 0.435 e. The van der Waals surface area contributed by atoms with Gasteiger partial charge in [-0.25, -0.2) is 4.98 Å². The van der Waals surface area contributed by atoms with Gasteiger partial charge in [-0.05, 0) is 18.8 Å². The molecular formula is C14H16F3N5O. The Morgan fingerprint density at radius 1 is 1.39 bits per heavy atom. The van der Waals surface area contributed by atoms with Crippen molar-refractivity contribution < 1.29 is 18.0 Å². The summed E-state index contributed by atoms with van der Waals surface area (Å²) in [5.74, 6) is 0.366. The Bertz CT molecular complexity index is 729. The Hall–Kier alpha value is -2.32. The third kappa shape index (κ3) is 3.08. The van der Waals surface area contributed by atoms with Crippen LogP contribution in [0.5, 0.6) is 0 Å². The molecule has 1 N–H and O–H groups in total. The molecule has 6 nitrogen and oxygen atoms in total. The molecule has 124 valence electrons. The number of carbonyl (C=O) groups is 1. The molecule has 0 aromatic carbocycles. The Labute approximate surface area is 130 Å². The van der Waals surface area contributed by atoms with Crippen LogP contribution in [0.15, 0.2) is 18.5 Å². The molecule has 2 aromatic rings. The Morgan fingerprint density at radius 2 is 2.09 bits per heavy atom. The van der Waals surface area contributed by atoms with Crippen LogP contribution >= 0.6 is 0 Å². The first-order chi connectivity index (χ1) is 10.8. The topological polar surface area (TPSA) is 64.7 Å². The second kappa shape index (κ2) is 5.39. The Kier molecular flexibility index (Phi) is 3.65. The van der Waals surface area contributed by atoms with Gasteiger partial charge in [-0.2, -0.15) is 18.3 Å². The molecule has 1 aliphatic rings. The van der Waals surface area contributed by atoms with Crippen molar-refractivity contribution in [3.8, 4) is 0 Å². The second-order valence-electron chi connectivity index (χ2n) is 5.72. The summed E-state index contributed by atoms with van der Waals surface area (Å²) in [6, 6.07) is 0.448. The summed E-state index contributed by atoms with van der Waals surface area (Å²) in [7, 11) is 3.13. The average Bonchev–Trinajstić information content (AvgIpc) is 3.09. The van der Waals surface area contributed by atoms with Gasteiger partial charge in [0.25, 0.3) is 5.91 Å². The van der Waals surface area contributed by atoms with E-state index in [0.717, 1.165) is 23.6 Å². The summed E-state index contributed by atoms with van der Waals surface area (Å²) in [6.45, 7) is 0. The zero-order valence-corrected chi connectivity index (χ0v) is 12.6. The van der Waals surface area contributed by atoms with Gasteiger partial charge in [0, 0.05) is 32.6 Å². The molecule has 2 heterocycles. The number of aryl methyl sites for hydroxylation is 2. The predicted octanol–water partition coefficient (Wildman–Crippen LogP) is 2.05. The number of carbonyl (C=O) groups excluding carboxylic acids is 1. The van der Waals surface area contributed by atoms with Crippen LogP contribution < -0.4 is 5.32 Å². The SMILES string of the molecule is Cn1ccnc1[C@H](NC(=O)c1cc(C(F)(F)F)nn1C)C1CC1. The van der Waals surface area contributed by atoms with Crippen LogP contribution in [0, 0.1) is 5.92 Å². The number of imidazole rings is 1. The van der Waals surface area contributed by atoms with Crippen LogP contribution in [0.2, 0.25) is 0 Å². The van der Waals surface area contributed by atoms with E-state index < -0.39 is 17.8 Å². The molecule has 1 amide bonds. The highest BCUT2D eigenvalue weighted by molar-refractivity contribution is 5.93. The van der Waals surface area contributed by atoms with Gasteiger partial charge in [-0.1, -0.05) is 0 Å². The summed E-state index contributed by atoms with van der Waals surface area (Å²) >= 11 is 0. The highest BCUT2D eigenvalue weighted by Crippen LogP contribution is 2.40. The van der Waals surface area contributed by atoms with Gasteiger partial charge < -0.3 is 9.88 Å². The first-order valence-corrected chi connectivity index (χ1v) is 7.16. The minimum Gasteiger partial charge on any atom is -0.340 e. The van der Waals surface area contributed by atoms with Crippen molar-refractivity contribution >= 4 is 5.91 Å². The largest absolute Gasteiger partial charge is 0.435 e. The Morgan fingerprint density at radius 3 is 2.57 bits per heavy atom. The van der Waals surface area contributed by atoms with Crippen LogP contribution in [0.1, 0.15) is 40.9 Å². The zero-order valence-electron chi connectivity index (χ0n) is 12.6. The number of aromatic nitrogens is 4. The molecule has 9 heteroatoms. The van der Waals surface area contributed by atoms with Gasteiger partial charge in [0.2, 0.25) is 0 Å². The Balaban J connectivity index is 1.83. The van der Waals surface area contributed by atoms with Crippen molar-refractivity contribution in [1.29, 1.82) is 0 Å². The summed E-state index contributed by atoms with van der Waals surface area (Å²) in [4.78, 5) is 16.6.